The van der Waals surface area contributed by atoms with Gasteiger partial charge in [0.1, 0.15) is 0 Å². The molecule has 0 rings (SSSR count). The molecule has 1 atom stereocenters. The lowest BCUT2D eigenvalue weighted by atomic mass is 11.0. The normalized spacial score (nSPS) is 11.7. The molecule has 0 N–H and O–H groups in total. The Hall–Kier alpha value is 0.380. The van der Waals surface area contributed by atoms with E-state index >= 15 is 0 Å². The summed E-state index contributed by atoms with van der Waals surface area (Å²) in [4.78, 5) is 0. The van der Waals surface area contributed by atoms with Crippen LogP contribution < -0.4 is 0 Å². The van der Waals surface area contributed by atoms with E-state index in [2.05, 4.69) is 9.24 Å². The van der Waals surface area contributed by atoms with Crippen molar-refractivity contribution in [3.05, 3.63) is 0 Å². The van der Waals surface area contributed by atoms with Crippen LogP contribution >= 0.6 is 9.24 Å². The molecule has 44 valence electrons. The standard InChI is InChI=1S/C3H9O2PS/c1-2-7(4,5)3-6/h2-3,6H2,1H3. The summed E-state index contributed by atoms with van der Waals surface area (Å²) in [6, 6.07) is 0. The van der Waals surface area contributed by atoms with E-state index in [1.807, 2.05) is 0 Å². The van der Waals surface area contributed by atoms with Gasteiger partial charge < -0.3 is 0 Å². The molecule has 0 fully saturated rings. The SMILES string of the molecule is CCS(=O)(=O)CP. The summed E-state index contributed by atoms with van der Waals surface area (Å²) in [6.45, 7) is 1.64. The van der Waals surface area contributed by atoms with E-state index in [9.17, 15) is 8.42 Å². The van der Waals surface area contributed by atoms with Crippen molar-refractivity contribution in [3.63, 3.8) is 0 Å². The van der Waals surface area contributed by atoms with Gasteiger partial charge in [0, 0.05) is 5.75 Å². The molecule has 0 aliphatic rings. The van der Waals surface area contributed by atoms with Crippen molar-refractivity contribution in [1.29, 1.82) is 0 Å². The van der Waals surface area contributed by atoms with Gasteiger partial charge in [-0.1, -0.05) is 6.92 Å². The molecule has 0 aliphatic carbocycles. The van der Waals surface area contributed by atoms with Gasteiger partial charge in [0.25, 0.3) is 0 Å². The Labute approximate surface area is 46.4 Å². The summed E-state index contributed by atoms with van der Waals surface area (Å²) in [5, 5.41) is 0. The van der Waals surface area contributed by atoms with E-state index in [0.717, 1.165) is 0 Å². The summed E-state index contributed by atoms with van der Waals surface area (Å²) in [5.41, 5.74) is 0.184. The highest BCUT2D eigenvalue weighted by atomic mass is 32.2. The Morgan fingerprint density at radius 2 is 2.00 bits per heavy atom. The van der Waals surface area contributed by atoms with Crippen molar-refractivity contribution in [1.82, 2.24) is 0 Å². The lowest BCUT2D eigenvalue weighted by Crippen LogP contribution is -2.02. The minimum atomic E-state index is -2.69. The molecule has 0 aromatic rings. The van der Waals surface area contributed by atoms with Crippen molar-refractivity contribution >= 4 is 19.1 Å². The third kappa shape index (κ3) is 3.01. The molecule has 0 bridgehead atoms. The van der Waals surface area contributed by atoms with Crippen molar-refractivity contribution < 1.29 is 8.42 Å². The second-order valence-corrected chi connectivity index (χ2v) is 4.60. The lowest BCUT2D eigenvalue weighted by molar-refractivity contribution is 0.602. The first-order valence-electron chi connectivity index (χ1n) is 2.03. The molecule has 0 saturated carbocycles. The highest BCUT2D eigenvalue weighted by molar-refractivity contribution is 7.94. The van der Waals surface area contributed by atoms with Crippen LogP contribution in [0.5, 0.6) is 0 Å². The van der Waals surface area contributed by atoms with E-state index in [1.54, 1.807) is 6.92 Å². The quantitative estimate of drug-likeness (QED) is 0.515. The van der Waals surface area contributed by atoms with Crippen LogP contribution in [0.2, 0.25) is 0 Å². The second-order valence-electron chi connectivity index (χ2n) is 1.20. The van der Waals surface area contributed by atoms with Crippen LogP contribution in [-0.2, 0) is 9.84 Å². The van der Waals surface area contributed by atoms with Gasteiger partial charge in [0.05, 0.1) is 5.49 Å². The van der Waals surface area contributed by atoms with Gasteiger partial charge >= 0.3 is 0 Å². The van der Waals surface area contributed by atoms with Gasteiger partial charge in [-0.05, 0) is 0 Å². The average Bonchev–Trinajstić information content (AvgIpc) is 1.68. The molecule has 0 heterocycles. The Morgan fingerprint density at radius 1 is 1.57 bits per heavy atom. The molecule has 0 spiro atoms. The summed E-state index contributed by atoms with van der Waals surface area (Å²) >= 11 is 0. The fourth-order valence-corrected chi connectivity index (χ4v) is 1.06. The Morgan fingerprint density at radius 3 is 2.00 bits per heavy atom. The van der Waals surface area contributed by atoms with Crippen molar-refractivity contribution in [2.45, 2.75) is 6.92 Å². The van der Waals surface area contributed by atoms with Gasteiger partial charge in [0.2, 0.25) is 0 Å². The van der Waals surface area contributed by atoms with E-state index in [0.29, 0.717) is 0 Å². The second kappa shape index (κ2) is 2.63. The fraction of sp³-hybridized carbons (Fsp3) is 1.00. The van der Waals surface area contributed by atoms with E-state index in [4.69, 9.17) is 0 Å². The molecule has 0 amide bonds. The molecule has 2 nitrogen and oxygen atoms in total. The fourth-order valence-electron chi connectivity index (χ4n) is 0.118. The van der Waals surface area contributed by atoms with Gasteiger partial charge in [-0.25, -0.2) is 8.42 Å². The zero-order valence-electron chi connectivity index (χ0n) is 4.22. The molecule has 0 saturated heterocycles. The minimum Gasteiger partial charge on any atom is -0.229 e. The highest BCUT2D eigenvalue weighted by Gasteiger charge is 1.99. The molecular formula is C3H9O2PS. The zero-order chi connectivity index (χ0) is 5.91. The summed E-state index contributed by atoms with van der Waals surface area (Å²) in [5.74, 6) is 0.247. The monoisotopic (exact) mass is 140 g/mol. The van der Waals surface area contributed by atoms with Crippen LogP contribution in [0.3, 0.4) is 0 Å². The lowest BCUT2D eigenvalue weighted by Gasteiger charge is -1.89. The predicted octanol–water partition coefficient (Wildman–Crippen LogP) is 0.254. The van der Waals surface area contributed by atoms with Crippen LogP contribution in [0.1, 0.15) is 6.92 Å². The molecule has 4 heteroatoms. The van der Waals surface area contributed by atoms with Gasteiger partial charge in [0.15, 0.2) is 9.84 Å². The van der Waals surface area contributed by atoms with Crippen LogP contribution in [0.25, 0.3) is 0 Å². The summed E-state index contributed by atoms with van der Waals surface area (Å²) < 4.78 is 20.7. The number of hydrogen-bond donors (Lipinski definition) is 0. The van der Waals surface area contributed by atoms with Crippen LogP contribution in [-0.4, -0.2) is 19.7 Å². The van der Waals surface area contributed by atoms with Crippen molar-refractivity contribution in [2.75, 3.05) is 11.2 Å². The van der Waals surface area contributed by atoms with Crippen LogP contribution in [0.4, 0.5) is 0 Å². The van der Waals surface area contributed by atoms with Crippen molar-refractivity contribution in [3.8, 4) is 0 Å². The Kier molecular flexibility index (Phi) is 2.77. The number of sulfone groups is 1. The average molecular weight is 140 g/mol. The molecule has 0 aromatic carbocycles. The third-order valence-corrected chi connectivity index (χ3v) is 3.60. The molecular weight excluding hydrogens is 131 g/mol. The first kappa shape index (κ1) is 7.38. The summed E-state index contributed by atoms with van der Waals surface area (Å²) in [7, 11) is -0.513. The molecule has 7 heavy (non-hydrogen) atoms. The largest absolute Gasteiger partial charge is 0.229 e. The molecule has 0 aromatic heterocycles. The van der Waals surface area contributed by atoms with E-state index in [-0.39, 0.29) is 11.2 Å². The molecule has 0 aliphatic heterocycles. The highest BCUT2D eigenvalue weighted by Crippen LogP contribution is 1.93. The maximum Gasteiger partial charge on any atom is 0.153 e. The van der Waals surface area contributed by atoms with E-state index < -0.39 is 9.84 Å². The Balaban J connectivity index is 3.89. The molecule has 0 radical (unpaired) electrons. The molecule has 1 unspecified atom stereocenters. The topological polar surface area (TPSA) is 34.1 Å². The number of rotatable bonds is 2. The van der Waals surface area contributed by atoms with Crippen molar-refractivity contribution in [2.24, 2.45) is 0 Å². The summed E-state index contributed by atoms with van der Waals surface area (Å²) in [6.07, 6.45) is 0. The third-order valence-electron chi connectivity index (χ3n) is 0.694. The maximum atomic E-state index is 10.3. The predicted molar refractivity (Wildman–Crippen MR) is 34.0 cm³/mol. The van der Waals surface area contributed by atoms with Gasteiger partial charge in [-0.15, -0.1) is 9.24 Å². The van der Waals surface area contributed by atoms with Crippen LogP contribution in [0.15, 0.2) is 0 Å². The van der Waals surface area contributed by atoms with Gasteiger partial charge in [-0.2, -0.15) is 0 Å². The zero-order valence-corrected chi connectivity index (χ0v) is 6.19. The van der Waals surface area contributed by atoms with E-state index in [1.165, 1.54) is 0 Å². The first-order valence-corrected chi connectivity index (χ1v) is 4.66. The smallest absolute Gasteiger partial charge is 0.153 e. The Bertz CT molecular complexity index is 116. The first-order chi connectivity index (χ1) is 3.12. The van der Waals surface area contributed by atoms with Crippen LogP contribution in [0, 0.1) is 0 Å². The minimum absolute atomic E-state index is 0.184. The maximum absolute atomic E-state index is 10.3. The number of hydrogen-bond acceptors (Lipinski definition) is 2. The van der Waals surface area contributed by atoms with Gasteiger partial charge in [-0.3, -0.25) is 0 Å².